The minimum atomic E-state index is -3.68. The van der Waals surface area contributed by atoms with Gasteiger partial charge in [-0.25, -0.2) is 13.1 Å². The molecule has 1 N–H and O–H groups in total. The number of nitrogens with one attached hydrogen (secondary N) is 1. The molecular weight excluding hydrogens is 378 g/mol. The van der Waals surface area contributed by atoms with Crippen LogP contribution in [0.5, 0.6) is 17.2 Å². The first kappa shape index (κ1) is 20.0. The minimum absolute atomic E-state index is 0.171. The molecule has 7 heteroatoms. The van der Waals surface area contributed by atoms with Gasteiger partial charge in [-0.05, 0) is 54.1 Å². The van der Waals surface area contributed by atoms with Gasteiger partial charge in [-0.3, -0.25) is 0 Å². The van der Waals surface area contributed by atoms with E-state index in [1.807, 2.05) is 24.3 Å². The summed E-state index contributed by atoms with van der Waals surface area (Å²) in [4.78, 5) is 0.203. The standard InChI is InChI=1S/C21H23NO5S/c1-15(14-27-21-7-5-4-6-20(21)26-3)22-28(23,24)19-11-9-16-12-18(25-2)10-8-17(16)13-19/h4-13,15,22H,14H2,1-3H3/t15-/m1/s1. The molecule has 0 amide bonds. The van der Waals surface area contributed by atoms with Crippen molar-refractivity contribution in [1.82, 2.24) is 4.72 Å². The smallest absolute Gasteiger partial charge is 0.240 e. The summed E-state index contributed by atoms with van der Waals surface area (Å²) in [6.45, 7) is 1.92. The molecule has 3 rings (SSSR count). The molecule has 3 aromatic rings. The fourth-order valence-corrected chi connectivity index (χ4v) is 4.08. The van der Waals surface area contributed by atoms with E-state index in [1.54, 1.807) is 57.5 Å². The highest BCUT2D eigenvalue weighted by Gasteiger charge is 2.18. The van der Waals surface area contributed by atoms with Crippen LogP contribution in [0.1, 0.15) is 6.92 Å². The Morgan fingerprint density at radius 3 is 2.29 bits per heavy atom. The largest absolute Gasteiger partial charge is 0.497 e. The first-order valence-electron chi connectivity index (χ1n) is 8.79. The van der Waals surface area contributed by atoms with Gasteiger partial charge in [0.05, 0.1) is 25.2 Å². The van der Waals surface area contributed by atoms with E-state index in [4.69, 9.17) is 14.2 Å². The third-order valence-electron chi connectivity index (χ3n) is 4.24. The highest BCUT2D eigenvalue weighted by molar-refractivity contribution is 7.89. The lowest BCUT2D eigenvalue weighted by Gasteiger charge is -2.17. The molecule has 0 bridgehead atoms. The van der Waals surface area contributed by atoms with Crippen LogP contribution in [0.15, 0.2) is 65.6 Å². The topological polar surface area (TPSA) is 73.9 Å². The molecule has 0 heterocycles. The van der Waals surface area contributed by atoms with Gasteiger partial charge >= 0.3 is 0 Å². The molecule has 0 unspecified atom stereocenters. The van der Waals surface area contributed by atoms with Crippen LogP contribution < -0.4 is 18.9 Å². The zero-order chi connectivity index (χ0) is 20.1. The normalized spacial score (nSPS) is 12.5. The molecule has 0 aliphatic heterocycles. The number of rotatable bonds is 8. The Morgan fingerprint density at radius 1 is 0.893 bits per heavy atom. The van der Waals surface area contributed by atoms with Gasteiger partial charge in [-0.2, -0.15) is 0 Å². The molecule has 28 heavy (non-hydrogen) atoms. The Balaban J connectivity index is 1.71. The van der Waals surface area contributed by atoms with Crippen molar-refractivity contribution < 1.29 is 22.6 Å². The van der Waals surface area contributed by atoms with Crippen LogP contribution in [0, 0.1) is 0 Å². The monoisotopic (exact) mass is 401 g/mol. The highest BCUT2D eigenvalue weighted by Crippen LogP contribution is 2.26. The van der Waals surface area contributed by atoms with E-state index in [2.05, 4.69) is 4.72 Å². The second-order valence-corrected chi connectivity index (χ2v) is 8.07. The number of ether oxygens (including phenoxy) is 3. The second-order valence-electron chi connectivity index (χ2n) is 6.36. The van der Waals surface area contributed by atoms with E-state index in [9.17, 15) is 8.42 Å². The second kappa shape index (κ2) is 8.50. The summed E-state index contributed by atoms with van der Waals surface area (Å²) in [6.07, 6.45) is 0. The molecule has 0 fully saturated rings. The maximum atomic E-state index is 12.7. The summed E-state index contributed by atoms with van der Waals surface area (Å²) >= 11 is 0. The lowest BCUT2D eigenvalue weighted by Crippen LogP contribution is -2.36. The van der Waals surface area contributed by atoms with Crippen molar-refractivity contribution in [3.05, 3.63) is 60.7 Å². The molecule has 0 aromatic heterocycles. The van der Waals surface area contributed by atoms with Gasteiger partial charge in [-0.15, -0.1) is 0 Å². The van der Waals surface area contributed by atoms with Crippen molar-refractivity contribution in [2.24, 2.45) is 0 Å². The average molecular weight is 401 g/mol. The van der Waals surface area contributed by atoms with Crippen LogP contribution in [-0.2, 0) is 10.0 Å². The number of methoxy groups -OCH3 is 2. The predicted octanol–water partition coefficient (Wildman–Crippen LogP) is 3.60. The van der Waals surface area contributed by atoms with Gasteiger partial charge in [-0.1, -0.05) is 24.3 Å². The number of sulfonamides is 1. The molecule has 3 aromatic carbocycles. The van der Waals surface area contributed by atoms with Crippen LogP contribution in [-0.4, -0.2) is 35.3 Å². The zero-order valence-electron chi connectivity index (χ0n) is 16.0. The van der Waals surface area contributed by atoms with E-state index < -0.39 is 16.1 Å². The Morgan fingerprint density at radius 2 is 1.57 bits per heavy atom. The van der Waals surface area contributed by atoms with Crippen molar-refractivity contribution in [1.29, 1.82) is 0 Å². The Hall–Kier alpha value is -2.77. The van der Waals surface area contributed by atoms with Crippen molar-refractivity contribution in [2.45, 2.75) is 17.9 Å². The lowest BCUT2D eigenvalue weighted by atomic mass is 10.1. The molecule has 0 saturated carbocycles. The van der Waals surface area contributed by atoms with E-state index >= 15 is 0 Å². The molecule has 6 nitrogen and oxygen atoms in total. The highest BCUT2D eigenvalue weighted by atomic mass is 32.2. The molecule has 0 saturated heterocycles. The fraction of sp³-hybridized carbons (Fsp3) is 0.238. The molecule has 148 valence electrons. The van der Waals surface area contributed by atoms with Gasteiger partial charge in [0, 0.05) is 0 Å². The zero-order valence-corrected chi connectivity index (χ0v) is 16.8. The quantitative estimate of drug-likeness (QED) is 0.624. The predicted molar refractivity (Wildman–Crippen MR) is 109 cm³/mol. The van der Waals surface area contributed by atoms with Gasteiger partial charge in [0.15, 0.2) is 11.5 Å². The first-order valence-corrected chi connectivity index (χ1v) is 10.3. The Kier molecular flexibility index (Phi) is 6.06. The van der Waals surface area contributed by atoms with E-state index in [0.717, 1.165) is 16.5 Å². The maximum Gasteiger partial charge on any atom is 0.240 e. The lowest BCUT2D eigenvalue weighted by molar-refractivity contribution is 0.271. The third-order valence-corrected chi connectivity index (χ3v) is 5.83. The van der Waals surface area contributed by atoms with E-state index in [-0.39, 0.29) is 11.5 Å². The van der Waals surface area contributed by atoms with Crippen molar-refractivity contribution in [3.8, 4) is 17.2 Å². The van der Waals surface area contributed by atoms with Crippen LogP contribution in [0.25, 0.3) is 10.8 Å². The van der Waals surface area contributed by atoms with Gasteiger partial charge in [0.1, 0.15) is 12.4 Å². The number of hydrogen-bond donors (Lipinski definition) is 1. The molecular formula is C21H23NO5S. The summed E-state index contributed by atoms with van der Waals surface area (Å²) in [5, 5.41) is 1.73. The van der Waals surface area contributed by atoms with E-state index in [0.29, 0.717) is 11.5 Å². The Bertz CT molecular complexity index is 1070. The summed E-state index contributed by atoms with van der Waals surface area (Å²) < 4.78 is 44.2. The summed E-state index contributed by atoms with van der Waals surface area (Å²) in [7, 11) is -0.524. The number of para-hydroxylation sites is 2. The molecule has 0 aliphatic carbocycles. The maximum absolute atomic E-state index is 12.7. The summed E-state index contributed by atoms with van der Waals surface area (Å²) in [6, 6.07) is 17.3. The van der Waals surface area contributed by atoms with Crippen LogP contribution >= 0.6 is 0 Å². The van der Waals surface area contributed by atoms with Gasteiger partial charge < -0.3 is 14.2 Å². The van der Waals surface area contributed by atoms with Crippen molar-refractivity contribution >= 4 is 20.8 Å². The number of fused-ring (bicyclic) bond motifs is 1. The third kappa shape index (κ3) is 4.55. The Labute approximate surface area is 165 Å². The van der Waals surface area contributed by atoms with Crippen LogP contribution in [0.3, 0.4) is 0 Å². The molecule has 0 radical (unpaired) electrons. The molecule has 0 spiro atoms. The number of hydrogen-bond acceptors (Lipinski definition) is 5. The average Bonchev–Trinajstić information content (AvgIpc) is 2.71. The van der Waals surface area contributed by atoms with Crippen molar-refractivity contribution in [2.75, 3.05) is 20.8 Å². The van der Waals surface area contributed by atoms with Crippen LogP contribution in [0.2, 0.25) is 0 Å². The minimum Gasteiger partial charge on any atom is -0.497 e. The van der Waals surface area contributed by atoms with E-state index in [1.165, 1.54) is 0 Å². The fourth-order valence-electron chi connectivity index (χ4n) is 2.82. The summed E-state index contributed by atoms with van der Waals surface area (Å²) in [5.41, 5.74) is 0. The number of benzene rings is 3. The van der Waals surface area contributed by atoms with Crippen LogP contribution in [0.4, 0.5) is 0 Å². The molecule has 0 aliphatic rings. The van der Waals surface area contributed by atoms with Gasteiger partial charge in [0.2, 0.25) is 10.0 Å². The summed E-state index contributed by atoms with van der Waals surface area (Å²) in [5.74, 6) is 1.89. The SMILES string of the molecule is COc1ccc2cc(S(=O)(=O)N[C@H](C)COc3ccccc3OC)ccc2c1. The van der Waals surface area contributed by atoms with Gasteiger partial charge in [0.25, 0.3) is 0 Å². The first-order chi connectivity index (χ1) is 13.4. The van der Waals surface area contributed by atoms with Crippen molar-refractivity contribution in [3.63, 3.8) is 0 Å². The molecule has 1 atom stereocenters.